The summed E-state index contributed by atoms with van der Waals surface area (Å²) in [6.07, 6.45) is 3.31. The lowest BCUT2D eigenvalue weighted by Crippen LogP contribution is -2.22. The third kappa shape index (κ3) is 4.80. The molecule has 0 spiro atoms. The van der Waals surface area contributed by atoms with Crippen molar-refractivity contribution in [1.29, 1.82) is 0 Å². The molecule has 1 aromatic heterocycles. The number of aromatic nitrogens is 2. The highest BCUT2D eigenvalue weighted by Gasteiger charge is 2.08. The Morgan fingerprint density at radius 3 is 2.42 bits per heavy atom. The predicted molar refractivity (Wildman–Crippen MR) is 99.7 cm³/mol. The van der Waals surface area contributed by atoms with Crippen LogP contribution in [0.1, 0.15) is 28.4 Å². The molecule has 3 aromatic rings. The number of nitrogens with one attached hydrogen (secondary N) is 2. The van der Waals surface area contributed by atoms with E-state index in [1.54, 1.807) is 29.2 Å². The van der Waals surface area contributed by atoms with Crippen molar-refractivity contribution in [3.05, 3.63) is 83.7 Å². The second kappa shape index (κ2) is 8.11. The molecule has 2 aromatic carbocycles. The topological polar surface area (TPSA) is 76.0 Å². The van der Waals surface area contributed by atoms with Crippen molar-refractivity contribution in [2.45, 2.75) is 20.0 Å². The molecule has 0 atom stereocenters. The Morgan fingerprint density at radius 2 is 1.73 bits per heavy atom. The molecule has 2 amide bonds. The van der Waals surface area contributed by atoms with Gasteiger partial charge in [-0.1, -0.05) is 42.5 Å². The van der Waals surface area contributed by atoms with Crippen LogP contribution in [0.15, 0.2) is 67.0 Å². The highest BCUT2D eigenvalue weighted by atomic mass is 16.2. The number of anilines is 1. The molecule has 26 heavy (non-hydrogen) atoms. The first kappa shape index (κ1) is 17.4. The van der Waals surface area contributed by atoms with Crippen LogP contribution in [0, 0.1) is 0 Å². The molecule has 132 valence electrons. The number of hydrogen-bond acceptors (Lipinski definition) is 3. The van der Waals surface area contributed by atoms with E-state index >= 15 is 0 Å². The number of rotatable bonds is 6. The SMILES string of the molecule is CC(=O)Nc1ccc(CNC(=O)c2cnn(Cc3ccccc3)c2)cc1. The van der Waals surface area contributed by atoms with Gasteiger partial charge in [-0.05, 0) is 23.3 Å². The summed E-state index contributed by atoms with van der Waals surface area (Å²) < 4.78 is 1.74. The van der Waals surface area contributed by atoms with Crippen molar-refractivity contribution in [2.75, 3.05) is 5.32 Å². The first-order valence-corrected chi connectivity index (χ1v) is 8.31. The van der Waals surface area contributed by atoms with E-state index < -0.39 is 0 Å². The van der Waals surface area contributed by atoms with E-state index in [1.807, 2.05) is 42.5 Å². The smallest absolute Gasteiger partial charge is 0.254 e. The van der Waals surface area contributed by atoms with Crippen LogP contribution < -0.4 is 10.6 Å². The highest BCUT2D eigenvalue weighted by molar-refractivity contribution is 5.93. The van der Waals surface area contributed by atoms with Gasteiger partial charge >= 0.3 is 0 Å². The zero-order valence-electron chi connectivity index (χ0n) is 14.5. The lowest BCUT2D eigenvalue weighted by molar-refractivity contribution is -0.114. The van der Waals surface area contributed by atoms with Crippen LogP contribution in [0.4, 0.5) is 5.69 Å². The Hall–Kier alpha value is -3.41. The molecule has 0 bridgehead atoms. The second-order valence-corrected chi connectivity index (χ2v) is 5.97. The van der Waals surface area contributed by atoms with E-state index in [4.69, 9.17) is 0 Å². The normalized spacial score (nSPS) is 10.3. The minimum absolute atomic E-state index is 0.112. The fourth-order valence-electron chi connectivity index (χ4n) is 2.53. The summed E-state index contributed by atoms with van der Waals surface area (Å²) in [5, 5.41) is 9.82. The Bertz CT molecular complexity index is 886. The van der Waals surface area contributed by atoms with Gasteiger partial charge in [0.05, 0.1) is 18.3 Å². The Labute approximate surface area is 151 Å². The van der Waals surface area contributed by atoms with E-state index in [2.05, 4.69) is 15.7 Å². The molecule has 0 saturated carbocycles. The maximum absolute atomic E-state index is 12.3. The van der Waals surface area contributed by atoms with Crippen molar-refractivity contribution >= 4 is 17.5 Å². The zero-order chi connectivity index (χ0) is 18.4. The first-order valence-electron chi connectivity index (χ1n) is 8.31. The molecule has 0 unspecified atom stereocenters. The van der Waals surface area contributed by atoms with Gasteiger partial charge in [-0.15, -0.1) is 0 Å². The third-order valence-electron chi connectivity index (χ3n) is 3.81. The zero-order valence-corrected chi connectivity index (χ0v) is 14.5. The molecule has 0 aliphatic heterocycles. The minimum Gasteiger partial charge on any atom is -0.348 e. The van der Waals surface area contributed by atoms with Gasteiger partial charge in [0, 0.05) is 25.4 Å². The second-order valence-electron chi connectivity index (χ2n) is 5.97. The van der Waals surface area contributed by atoms with E-state index in [-0.39, 0.29) is 11.8 Å². The Kier molecular flexibility index (Phi) is 5.43. The maximum atomic E-state index is 12.3. The van der Waals surface area contributed by atoms with Gasteiger partial charge < -0.3 is 10.6 Å². The first-order chi connectivity index (χ1) is 12.6. The Morgan fingerprint density at radius 1 is 1.00 bits per heavy atom. The summed E-state index contributed by atoms with van der Waals surface area (Å²) in [7, 11) is 0. The van der Waals surface area contributed by atoms with Crippen molar-refractivity contribution in [3.8, 4) is 0 Å². The molecule has 3 rings (SSSR count). The van der Waals surface area contributed by atoms with Gasteiger partial charge in [-0.2, -0.15) is 5.10 Å². The lowest BCUT2D eigenvalue weighted by atomic mass is 10.2. The summed E-state index contributed by atoms with van der Waals surface area (Å²) in [6.45, 7) is 2.49. The molecule has 0 aliphatic carbocycles. The average Bonchev–Trinajstić information content (AvgIpc) is 3.10. The molecular weight excluding hydrogens is 328 g/mol. The fraction of sp³-hybridized carbons (Fsp3) is 0.150. The molecule has 1 heterocycles. The van der Waals surface area contributed by atoms with Gasteiger partial charge in [0.2, 0.25) is 5.91 Å². The number of amides is 2. The van der Waals surface area contributed by atoms with Crippen LogP contribution in [-0.2, 0) is 17.9 Å². The van der Waals surface area contributed by atoms with Gasteiger partial charge in [-0.3, -0.25) is 14.3 Å². The molecular formula is C20H20N4O2. The van der Waals surface area contributed by atoms with Crippen molar-refractivity contribution in [3.63, 3.8) is 0 Å². The van der Waals surface area contributed by atoms with Crippen LogP contribution in [0.2, 0.25) is 0 Å². The molecule has 6 heteroatoms. The molecule has 6 nitrogen and oxygen atoms in total. The summed E-state index contributed by atoms with van der Waals surface area (Å²) in [4.78, 5) is 23.3. The molecule has 0 saturated heterocycles. The summed E-state index contributed by atoms with van der Waals surface area (Å²) in [6, 6.07) is 17.3. The van der Waals surface area contributed by atoms with Crippen molar-refractivity contribution < 1.29 is 9.59 Å². The molecule has 0 fully saturated rings. The van der Waals surface area contributed by atoms with Crippen molar-refractivity contribution in [1.82, 2.24) is 15.1 Å². The third-order valence-corrected chi connectivity index (χ3v) is 3.81. The lowest BCUT2D eigenvalue weighted by Gasteiger charge is -2.06. The monoisotopic (exact) mass is 348 g/mol. The summed E-state index contributed by atoms with van der Waals surface area (Å²) in [5.74, 6) is -0.284. The molecule has 0 radical (unpaired) electrons. The molecule has 0 aliphatic rings. The van der Waals surface area contributed by atoms with E-state index in [1.165, 1.54) is 6.92 Å². The van der Waals surface area contributed by atoms with E-state index in [9.17, 15) is 9.59 Å². The van der Waals surface area contributed by atoms with Gasteiger partial charge in [0.15, 0.2) is 0 Å². The maximum Gasteiger partial charge on any atom is 0.254 e. The largest absolute Gasteiger partial charge is 0.348 e. The van der Waals surface area contributed by atoms with Crippen LogP contribution in [-0.4, -0.2) is 21.6 Å². The number of benzene rings is 2. The predicted octanol–water partition coefficient (Wildman–Crippen LogP) is 2.82. The highest BCUT2D eigenvalue weighted by Crippen LogP contribution is 2.10. The van der Waals surface area contributed by atoms with Gasteiger partial charge in [-0.25, -0.2) is 0 Å². The van der Waals surface area contributed by atoms with E-state index in [0.717, 1.165) is 16.8 Å². The van der Waals surface area contributed by atoms with E-state index in [0.29, 0.717) is 18.7 Å². The average molecular weight is 348 g/mol. The molecule has 2 N–H and O–H groups in total. The number of nitrogens with zero attached hydrogens (tertiary/aromatic N) is 2. The van der Waals surface area contributed by atoms with Crippen LogP contribution in [0.5, 0.6) is 0 Å². The quantitative estimate of drug-likeness (QED) is 0.719. The fourth-order valence-corrected chi connectivity index (χ4v) is 2.53. The van der Waals surface area contributed by atoms with Gasteiger partial charge in [0.25, 0.3) is 5.91 Å². The van der Waals surface area contributed by atoms with Crippen LogP contribution >= 0.6 is 0 Å². The standard InChI is InChI=1S/C20H20N4O2/c1-15(25)23-19-9-7-16(8-10-19)11-21-20(26)18-12-22-24(14-18)13-17-5-3-2-4-6-17/h2-10,12,14H,11,13H2,1H3,(H,21,26)(H,23,25). The summed E-state index contributed by atoms with van der Waals surface area (Å²) >= 11 is 0. The van der Waals surface area contributed by atoms with Gasteiger partial charge in [0.1, 0.15) is 0 Å². The number of carbonyl (C=O) groups is 2. The number of hydrogen-bond donors (Lipinski definition) is 2. The summed E-state index contributed by atoms with van der Waals surface area (Å²) in [5.41, 5.74) is 3.33. The van der Waals surface area contributed by atoms with Crippen LogP contribution in [0.25, 0.3) is 0 Å². The minimum atomic E-state index is -0.171. The Balaban J connectivity index is 1.54. The van der Waals surface area contributed by atoms with Crippen LogP contribution in [0.3, 0.4) is 0 Å². The van der Waals surface area contributed by atoms with Crippen molar-refractivity contribution in [2.24, 2.45) is 0 Å². The number of carbonyl (C=O) groups excluding carboxylic acids is 2.